The number of nitrogens with one attached hydrogen (secondary N) is 2. The maximum atomic E-state index is 12.4. The van der Waals surface area contributed by atoms with Gasteiger partial charge >= 0.3 is 5.69 Å². The molecule has 1 aromatic heterocycles. The molecule has 1 saturated heterocycles. The fourth-order valence-corrected chi connectivity index (χ4v) is 3.52. The van der Waals surface area contributed by atoms with Crippen molar-refractivity contribution in [2.75, 3.05) is 23.3 Å². The predicted molar refractivity (Wildman–Crippen MR) is 104 cm³/mol. The lowest BCUT2D eigenvalue weighted by atomic mass is 10.1. The van der Waals surface area contributed by atoms with Crippen LogP contribution in [0.4, 0.5) is 11.4 Å². The number of nitrogens with zero attached hydrogens (tertiary/aromatic N) is 2. The molecule has 1 amide bonds. The van der Waals surface area contributed by atoms with E-state index in [1.165, 1.54) is 29.5 Å². The third-order valence-corrected chi connectivity index (χ3v) is 4.86. The molecule has 2 aromatic carbocycles. The van der Waals surface area contributed by atoms with Crippen LogP contribution in [0.2, 0.25) is 0 Å². The van der Waals surface area contributed by atoms with Gasteiger partial charge in [0.1, 0.15) is 6.54 Å². The number of hydrogen-bond donors (Lipinski definition) is 2. The van der Waals surface area contributed by atoms with Gasteiger partial charge in [0, 0.05) is 24.5 Å². The fourth-order valence-electron chi connectivity index (χ4n) is 3.52. The van der Waals surface area contributed by atoms with Crippen LogP contribution >= 0.6 is 0 Å². The average molecular weight is 350 g/mol. The highest BCUT2D eigenvalue weighted by Gasteiger charge is 2.12. The molecule has 0 radical (unpaired) electrons. The number of aromatic amines is 1. The van der Waals surface area contributed by atoms with E-state index < -0.39 is 0 Å². The molecule has 26 heavy (non-hydrogen) atoms. The summed E-state index contributed by atoms with van der Waals surface area (Å²) in [6, 6.07) is 15.3. The standard InChI is InChI=1S/C20H22N4O2/c25-19(14-24-18-7-3-2-6-17(18)22-20(24)26)21-15-8-10-16(11-9-15)23-12-4-1-5-13-23/h2-3,6-11H,1,4-5,12-14H2,(H,21,25)(H,22,26). The second-order valence-corrected chi connectivity index (χ2v) is 6.68. The molecule has 2 heterocycles. The maximum Gasteiger partial charge on any atom is 0.326 e. The fraction of sp³-hybridized carbons (Fsp3) is 0.300. The summed E-state index contributed by atoms with van der Waals surface area (Å²) in [5.41, 5.74) is 3.12. The Bertz CT molecular complexity index is 965. The zero-order valence-corrected chi connectivity index (χ0v) is 14.6. The third-order valence-electron chi connectivity index (χ3n) is 4.86. The first-order valence-corrected chi connectivity index (χ1v) is 9.03. The lowest BCUT2D eigenvalue weighted by Crippen LogP contribution is -2.29. The minimum absolute atomic E-state index is 0.0171. The Labute approximate surface area is 151 Å². The Morgan fingerprint density at radius 2 is 1.73 bits per heavy atom. The molecule has 4 rings (SSSR count). The van der Waals surface area contributed by atoms with Gasteiger partial charge in [-0.15, -0.1) is 0 Å². The van der Waals surface area contributed by atoms with Crippen LogP contribution in [0.25, 0.3) is 11.0 Å². The van der Waals surface area contributed by atoms with E-state index in [0.717, 1.165) is 29.8 Å². The Morgan fingerprint density at radius 1 is 1.00 bits per heavy atom. The molecule has 2 N–H and O–H groups in total. The van der Waals surface area contributed by atoms with Gasteiger partial charge < -0.3 is 15.2 Å². The zero-order chi connectivity index (χ0) is 17.9. The third kappa shape index (κ3) is 3.35. The van der Waals surface area contributed by atoms with Crippen LogP contribution in [0, 0.1) is 0 Å². The molecule has 0 aliphatic carbocycles. The van der Waals surface area contributed by atoms with Crippen LogP contribution in [-0.2, 0) is 11.3 Å². The summed E-state index contributed by atoms with van der Waals surface area (Å²) < 4.78 is 1.45. The molecule has 6 nitrogen and oxygen atoms in total. The number of amides is 1. The number of para-hydroxylation sites is 2. The lowest BCUT2D eigenvalue weighted by Gasteiger charge is -2.28. The lowest BCUT2D eigenvalue weighted by molar-refractivity contribution is -0.116. The Morgan fingerprint density at radius 3 is 2.50 bits per heavy atom. The predicted octanol–water partition coefficient (Wildman–Crippen LogP) is 2.96. The van der Waals surface area contributed by atoms with Crippen molar-refractivity contribution in [2.45, 2.75) is 25.8 Å². The first-order chi connectivity index (χ1) is 12.7. The van der Waals surface area contributed by atoms with Crippen LogP contribution in [0.15, 0.2) is 53.3 Å². The minimum atomic E-state index is -0.276. The van der Waals surface area contributed by atoms with Crippen molar-refractivity contribution >= 4 is 28.3 Å². The van der Waals surface area contributed by atoms with Gasteiger partial charge in [0.25, 0.3) is 0 Å². The van der Waals surface area contributed by atoms with E-state index in [1.54, 1.807) is 0 Å². The molecule has 1 aliphatic heterocycles. The first kappa shape index (κ1) is 16.4. The number of imidazole rings is 1. The van der Waals surface area contributed by atoms with Crippen LogP contribution in [0.3, 0.4) is 0 Å². The van der Waals surface area contributed by atoms with Crippen LogP contribution in [0.5, 0.6) is 0 Å². The Hall–Kier alpha value is -3.02. The highest BCUT2D eigenvalue weighted by atomic mass is 16.2. The van der Waals surface area contributed by atoms with E-state index in [4.69, 9.17) is 0 Å². The zero-order valence-electron chi connectivity index (χ0n) is 14.6. The Balaban J connectivity index is 1.44. The summed E-state index contributed by atoms with van der Waals surface area (Å²) in [6.07, 6.45) is 3.77. The number of hydrogen-bond acceptors (Lipinski definition) is 3. The summed E-state index contributed by atoms with van der Waals surface area (Å²) in [5, 5.41) is 2.87. The second kappa shape index (κ2) is 7.07. The van der Waals surface area contributed by atoms with E-state index in [0.29, 0.717) is 0 Å². The summed E-state index contributed by atoms with van der Waals surface area (Å²) in [6.45, 7) is 2.17. The number of carbonyl (C=O) groups excluding carboxylic acids is 1. The van der Waals surface area contributed by atoms with Gasteiger partial charge in [-0.1, -0.05) is 12.1 Å². The smallest absolute Gasteiger partial charge is 0.326 e. The molecular weight excluding hydrogens is 328 g/mol. The topological polar surface area (TPSA) is 70.1 Å². The maximum absolute atomic E-state index is 12.4. The summed E-state index contributed by atoms with van der Waals surface area (Å²) in [4.78, 5) is 29.6. The van der Waals surface area contributed by atoms with E-state index in [1.807, 2.05) is 48.5 Å². The van der Waals surface area contributed by atoms with E-state index in [9.17, 15) is 9.59 Å². The number of H-pyrrole nitrogens is 1. The van der Waals surface area contributed by atoms with Gasteiger partial charge in [0.05, 0.1) is 11.0 Å². The molecule has 0 saturated carbocycles. The van der Waals surface area contributed by atoms with Crippen molar-refractivity contribution in [1.29, 1.82) is 0 Å². The summed E-state index contributed by atoms with van der Waals surface area (Å²) >= 11 is 0. The van der Waals surface area contributed by atoms with Crippen molar-refractivity contribution in [1.82, 2.24) is 9.55 Å². The van der Waals surface area contributed by atoms with Gasteiger partial charge in [-0.05, 0) is 55.7 Å². The number of benzene rings is 2. The molecule has 0 atom stereocenters. The quantitative estimate of drug-likeness (QED) is 0.760. The van der Waals surface area contributed by atoms with Crippen molar-refractivity contribution < 1.29 is 4.79 Å². The van der Waals surface area contributed by atoms with Gasteiger partial charge in [-0.3, -0.25) is 9.36 Å². The normalized spacial score (nSPS) is 14.5. The second-order valence-electron chi connectivity index (χ2n) is 6.68. The molecule has 134 valence electrons. The first-order valence-electron chi connectivity index (χ1n) is 9.03. The highest BCUT2D eigenvalue weighted by Crippen LogP contribution is 2.21. The molecule has 6 heteroatoms. The van der Waals surface area contributed by atoms with Crippen LogP contribution in [-0.4, -0.2) is 28.5 Å². The van der Waals surface area contributed by atoms with Gasteiger partial charge in [0.15, 0.2) is 0 Å². The number of rotatable bonds is 4. The van der Waals surface area contributed by atoms with Crippen molar-refractivity contribution in [3.05, 3.63) is 59.0 Å². The molecule has 0 bridgehead atoms. The van der Waals surface area contributed by atoms with Crippen molar-refractivity contribution in [3.8, 4) is 0 Å². The Kier molecular flexibility index (Phi) is 4.48. The van der Waals surface area contributed by atoms with Crippen LogP contribution in [0.1, 0.15) is 19.3 Å². The molecule has 1 aliphatic rings. The van der Waals surface area contributed by atoms with Gasteiger partial charge in [-0.25, -0.2) is 4.79 Å². The van der Waals surface area contributed by atoms with Gasteiger partial charge in [-0.2, -0.15) is 0 Å². The summed E-state index contributed by atoms with van der Waals surface area (Å²) in [5.74, 6) is -0.220. The largest absolute Gasteiger partial charge is 0.372 e. The number of carbonyl (C=O) groups is 1. The number of anilines is 2. The average Bonchev–Trinajstić information content (AvgIpc) is 2.98. The monoisotopic (exact) mass is 350 g/mol. The minimum Gasteiger partial charge on any atom is -0.372 e. The van der Waals surface area contributed by atoms with Crippen LogP contribution < -0.4 is 15.9 Å². The molecule has 3 aromatic rings. The summed E-state index contributed by atoms with van der Waals surface area (Å²) in [7, 11) is 0. The van der Waals surface area contributed by atoms with Crippen molar-refractivity contribution in [2.24, 2.45) is 0 Å². The van der Waals surface area contributed by atoms with E-state index >= 15 is 0 Å². The highest BCUT2D eigenvalue weighted by molar-refractivity contribution is 5.91. The number of aromatic nitrogens is 2. The van der Waals surface area contributed by atoms with Crippen molar-refractivity contribution in [3.63, 3.8) is 0 Å². The molecular formula is C20H22N4O2. The van der Waals surface area contributed by atoms with E-state index in [2.05, 4.69) is 15.2 Å². The van der Waals surface area contributed by atoms with Gasteiger partial charge in [0.2, 0.25) is 5.91 Å². The molecule has 0 spiro atoms. The number of piperidine rings is 1. The molecule has 0 unspecified atom stereocenters. The molecule has 1 fully saturated rings. The SMILES string of the molecule is O=C(Cn1c(=O)[nH]c2ccccc21)Nc1ccc(N2CCCCC2)cc1. The number of fused-ring (bicyclic) bond motifs is 1. The van der Waals surface area contributed by atoms with E-state index in [-0.39, 0.29) is 18.1 Å².